The maximum absolute atomic E-state index is 11.7. The zero-order chi connectivity index (χ0) is 20.7. The third-order valence-corrected chi connectivity index (χ3v) is 7.48. The molecule has 0 amide bonds. The average Bonchev–Trinajstić information content (AvgIpc) is 3.60. The molecule has 0 aromatic heterocycles. The fourth-order valence-electron chi connectivity index (χ4n) is 4.78. The molecule has 29 heavy (non-hydrogen) atoms. The summed E-state index contributed by atoms with van der Waals surface area (Å²) in [6.45, 7) is 1.76. The number of aryl methyl sites for hydroxylation is 2. The summed E-state index contributed by atoms with van der Waals surface area (Å²) < 4.78 is 0. The summed E-state index contributed by atoms with van der Waals surface area (Å²) in [6, 6.07) is 8.84. The van der Waals surface area contributed by atoms with Gasteiger partial charge in [-0.2, -0.15) is 0 Å². The van der Waals surface area contributed by atoms with Gasteiger partial charge in [-0.1, -0.05) is 56.4 Å². The molecule has 0 atom stereocenters. The van der Waals surface area contributed by atoms with Gasteiger partial charge >= 0.3 is 5.97 Å². The number of ketones is 1. The van der Waals surface area contributed by atoms with Gasteiger partial charge in [0.25, 0.3) is 0 Å². The Hall–Kier alpha value is -1.64. The smallest absolute Gasteiger partial charge is 0.309 e. The lowest BCUT2D eigenvalue weighted by molar-refractivity contribution is -0.143. The summed E-state index contributed by atoms with van der Waals surface area (Å²) >= 11 is 0. The van der Waals surface area contributed by atoms with E-state index in [9.17, 15) is 14.7 Å². The number of carbonyl (C=O) groups is 2. The van der Waals surface area contributed by atoms with E-state index in [4.69, 9.17) is 0 Å². The van der Waals surface area contributed by atoms with Gasteiger partial charge in [0.2, 0.25) is 0 Å². The number of benzene rings is 1. The standard InChI is InChI=1S/C26H38O3/c1-21(27)25(17-18-25)15-10-4-6-12-23-14-8-7-13-22(23)11-5-2-3-9-16-26(19-20-26)24(28)29/h7-8,13-14H,2-6,9-12,15-20H2,1H3,(H,28,29). The number of Topliss-reactive ketones (excluding diaryl/α,β-unsaturated/α-hetero) is 1. The molecule has 1 aromatic carbocycles. The zero-order valence-electron chi connectivity index (χ0n) is 18.2. The Kier molecular flexibility index (Phi) is 7.54. The molecule has 0 radical (unpaired) electrons. The molecule has 1 aromatic rings. The van der Waals surface area contributed by atoms with Crippen LogP contribution < -0.4 is 0 Å². The van der Waals surface area contributed by atoms with Crippen LogP contribution in [0.25, 0.3) is 0 Å². The van der Waals surface area contributed by atoms with Gasteiger partial charge in [0.05, 0.1) is 5.41 Å². The van der Waals surface area contributed by atoms with Gasteiger partial charge in [0.15, 0.2) is 0 Å². The molecule has 0 unspecified atom stereocenters. The predicted molar refractivity (Wildman–Crippen MR) is 117 cm³/mol. The Morgan fingerprint density at radius 2 is 1.21 bits per heavy atom. The lowest BCUT2D eigenvalue weighted by Crippen LogP contribution is -2.14. The first-order valence-electron chi connectivity index (χ1n) is 11.8. The van der Waals surface area contributed by atoms with Crippen molar-refractivity contribution in [1.29, 1.82) is 0 Å². The first kappa shape index (κ1) is 22.1. The summed E-state index contributed by atoms with van der Waals surface area (Å²) in [7, 11) is 0. The van der Waals surface area contributed by atoms with E-state index in [1.165, 1.54) is 43.2 Å². The van der Waals surface area contributed by atoms with Gasteiger partial charge in [-0.3, -0.25) is 9.59 Å². The van der Waals surface area contributed by atoms with Crippen LogP contribution in [-0.2, 0) is 22.4 Å². The van der Waals surface area contributed by atoms with Crippen molar-refractivity contribution in [3.05, 3.63) is 35.4 Å². The largest absolute Gasteiger partial charge is 0.481 e. The Morgan fingerprint density at radius 3 is 1.66 bits per heavy atom. The van der Waals surface area contributed by atoms with Crippen LogP contribution in [0.1, 0.15) is 102 Å². The van der Waals surface area contributed by atoms with Crippen molar-refractivity contribution < 1.29 is 14.7 Å². The highest BCUT2D eigenvalue weighted by atomic mass is 16.4. The minimum atomic E-state index is -0.583. The number of aliphatic carboxylic acids is 1. The number of carboxylic acids is 1. The second kappa shape index (κ2) is 9.91. The van der Waals surface area contributed by atoms with Crippen LogP contribution in [-0.4, -0.2) is 16.9 Å². The molecule has 0 aliphatic heterocycles. The lowest BCUT2D eigenvalue weighted by atomic mass is 9.92. The molecule has 0 heterocycles. The van der Waals surface area contributed by atoms with Crippen LogP contribution in [0.3, 0.4) is 0 Å². The second-order valence-corrected chi connectivity index (χ2v) is 9.67. The fourth-order valence-corrected chi connectivity index (χ4v) is 4.78. The lowest BCUT2D eigenvalue weighted by Gasteiger charge is -2.12. The molecule has 2 saturated carbocycles. The Balaban J connectivity index is 1.29. The predicted octanol–water partition coefficient (Wildman–Crippen LogP) is 6.52. The first-order valence-corrected chi connectivity index (χ1v) is 11.8. The van der Waals surface area contributed by atoms with Gasteiger partial charge in [0.1, 0.15) is 5.78 Å². The molecule has 2 fully saturated rings. The van der Waals surface area contributed by atoms with Crippen molar-refractivity contribution in [2.24, 2.45) is 10.8 Å². The maximum Gasteiger partial charge on any atom is 0.309 e. The van der Waals surface area contributed by atoms with Crippen LogP contribution in [0.5, 0.6) is 0 Å². The highest BCUT2D eigenvalue weighted by Gasteiger charge is 2.49. The molecule has 3 nitrogen and oxygen atoms in total. The Labute approximate surface area is 176 Å². The van der Waals surface area contributed by atoms with Gasteiger partial charge < -0.3 is 5.11 Å². The van der Waals surface area contributed by atoms with E-state index in [1.807, 2.05) is 0 Å². The summed E-state index contributed by atoms with van der Waals surface area (Å²) in [5.41, 5.74) is 2.69. The van der Waals surface area contributed by atoms with Crippen molar-refractivity contribution in [3.8, 4) is 0 Å². The number of unbranched alkanes of at least 4 members (excludes halogenated alkanes) is 5. The number of hydrogen-bond acceptors (Lipinski definition) is 2. The van der Waals surface area contributed by atoms with Crippen molar-refractivity contribution in [3.63, 3.8) is 0 Å². The van der Waals surface area contributed by atoms with Gasteiger partial charge in [-0.15, -0.1) is 0 Å². The monoisotopic (exact) mass is 398 g/mol. The number of hydrogen-bond donors (Lipinski definition) is 1. The molecule has 3 heteroatoms. The van der Waals surface area contributed by atoms with Crippen LogP contribution >= 0.6 is 0 Å². The molecule has 0 bridgehead atoms. The molecule has 3 rings (SSSR count). The van der Waals surface area contributed by atoms with Crippen LogP contribution in [0, 0.1) is 10.8 Å². The van der Waals surface area contributed by atoms with Crippen molar-refractivity contribution in [1.82, 2.24) is 0 Å². The summed E-state index contributed by atoms with van der Waals surface area (Å²) in [5.74, 6) is -0.182. The third kappa shape index (κ3) is 6.17. The average molecular weight is 399 g/mol. The Bertz CT molecular complexity index is 698. The second-order valence-electron chi connectivity index (χ2n) is 9.67. The highest BCUT2D eigenvalue weighted by Crippen LogP contribution is 2.51. The van der Waals surface area contributed by atoms with Crippen molar-refractivity contribution in [2.45, 2.75) is 103 Å². The van der Waals surface area contributed by atoms with Crippen LogP contribution in [0.4, 0.5) is 0 Å². The van der Waals surface area contributed by atoms with E-state index in [0.717, 1.165) is 64.2 Å². The molecule has 0 spiro atoms. The number of rotatable bonds is 15. The topological polar surface area (TPSA) is 54.4 Å². The van der Waals surface area contributed by atoms with E-state index in [1.54, 1.807) is 6.92 Å². The fraction of sp³-hybridized carbons (Fsp3) is 0.692. The number of carbonyl (C=O) groups excluding carboxylic acids is 1. The van der Waals surface area contributed by atoms with E-state index >= 15 is 0 Å². The summed E-state index contributed by atoms with van der Waals surface area (Å²) in [5, 5.41) is 9.24. The molecule has 160 valence electrons. The van der Waals surface area contributed by atoms with Crippen LogP contribution in [0.15, 0.2) is 24.3 Å². The summed E-state index contributed by atoms with van der Waals surface area (Å²) in [6.07, 6.45) is 16.4. The molecule has 2 aliphatic rings. The van der Waals surface area contributed by atoms with E-state index in [2.05, 4.69) is 24.3 Å². The molecule has 1 N–H and O–H groups in total. The number of carboxylic acid groups (broad SMARTS) is 1. The molecular formula is C26H38O3. The maximum atomic E-state index is 11.7. The van der Waals surface area contributed by atoms with E-state index < -0.39 is 5.97 Å². The van der Waals surface area contributed by atoms with Gasteiger partial charge in [-0.05, 0) is 82.3 Å². The normalized spacial score (nSPS) is 18.4. The van der Waals surface area contributed by atoms with Crippen molar-refractivity contribution in [2.75, 3.05) is 0 Å². The van der Waals surface area contributed by atoms with E-state index in [0.29, 0.717) is 5.78 Å². The van der Waals surface area contributed by atoms with Gasteiger partial charge in [0, 0.05) is 5.41 Å². The van der Waals surface area contributed by atoms with Crippen molar-refractivity contribution >= 4 is 11.8 Å². The quantitative estimate of drug-likeness (QED) is 0.342. The molecular weight excluding hydrogens is 360 g/mol. The van der Waals surface area contributed by atoms with Gasteiger partial charge in [-0.25, -0.2) is 0 Å². The molecule has 0 saturated heterocycles. The summed E-state index contributed by atoms with van der Waals surface area (Å²) in [4.78, 5) is 22.9. The molecule has 2 aliphatic carbocycles. The highest BCUT2D eigenvalue weighted by molar-refractivity contribution is 5.84. The Morgan fingerprint density at radius 1 is 0.759 bits per heavy atom. The first-order chi connectivity index (χ1) is 14.0. The van der Waals surface area contributed by atoms with E-state index in [-0.39, 0.29) is 10.8 Å². The van der Waals surface area contributed by atoms with Crippen LogP contribution in [0.2, 0.25) is 0 Å². The third-order valence-electron chi connectivity index (χ3n) is 7.48. The minimum absolute atomic E-state index is 0.0710. The minimum Gasteiger partial charge on any atom is -0.481 e. The zero-order valence-corrected chi connectivity index (χ0v) is 18.2. The SMILES string of the molecule is CC(=O)C1(CCCCCc2ccccc2CCCCCCC2(C(=O)O)CC2)CC1.